The molecule has 1 heteroatoms. The predicted octanol–water partition coefficient (Wildman–Crippen LogP) is 4.31. The number of hydrogen-bond donors (Lipinski definition) is 1. The molecule has 0 bridgehead atoms. The van der Waals surface area contributed by atoms with Crippen LogP contribution in [-0.2, 0) is 11.8 Å². The number of rotatable bonds is 6. The zero-order chi connectivity index (χ0) is 14.4. The Morgan fingerprint density at radius 1 is 0.850 bits per heavy atom. The largest absolute Gasteiger partial charge is 0.327 e. The summed E-state index contributed by atoms with van der Waals surface area (Å²) in [6, 6.07) is 21.4. The Morgan fingerprint density at radius 3 is 1.85 bits per heavy atom. The molecule has 0 saturated carbocycles. The van der Waals surface area contributed by atoms with Crippen molar-refractivity contribution in [2.75, 3.05) is 0 Å². The van der Waals surface area contributed by atoms with E-state index in [0.29, 0.717) is 0 Å². The van der Waals surface area contributed by atoms with E-state index < -0.39 is 0 Å². The van der Waals surface area contributed by atoms with Crippen LogP contribution in [0.2, 0.25) is 0 Å². The molecular weight excluding hydrogens is 242 g/mol. The summed E-state index contributed by atoms with van der Waals surface area (Å²) in [7, 11) is 0. The zero-order valence-corrected chi connectivity index (χ0v) is 12.5. The van der Waals surface area contributed by atoms with Gasteiger partial charge >= 0.3 is 0 Å². The molecule has 0 aliphatic heterocycles. The van der Waals surface area contributed by atoms with Crippen molar-refractivity contribution in [2.45, 2.75) is 44.6 Å². The first-order valence-electron chi connectivity index (χ1n) is 7.58. The van der Waals surface area contributed by atoms with Crippen molar-refractivity contribution in [3.8, 4) is 0 Å². The Kier molecular flexibility index (Phi) is 4.97. The van der Waals surface area contributed by atoms with Crippen LogP contribution in [0.5, 0.6) is 0 Å². The summed E-state index contributed by atoms with van der Waals surface area (Å²) in [4.78, 5) is 0. The molecule has 2 rings (SSSR count). The van der Waals surface area contributed by atoms with Gasteiger partial charge in [-0.25, -0.2) is 0 Å². The molecule has 0 spiro atoms. The molecule has 20 heavy (non-hydrogen) atoms. The molecule has 1 unspecified atom stereocenters. The van der Waals surface area contributed by atoms with Gasteiger partial charge in [-0.15, -0.1) is 0 Å². The van der Waals surface area contributed by atoms with Crippen LogP contribution in [0.15, 0.2) is 60.7 Å². The van der Waals surface area contributed by atoms with E-state index >= 15 is 0 Å². The summed E-state index contributed by atoms with van der Waals surface area (Å²) >= 11 is 0. The Balaban J connectivity index is 2.28. The summed E-state index contributed by atoms with van der Waals surface area (Å²) in [5.41, 5.74) is 9.39. The summed E-state index contributed by atoms with van der Waals surface area (Å²) in [6.45, 7) is 4.50. The standard InChI is InChI=1S/C19H25N/c1-3-19(4-2,17-13-9-6-10-14-17)18(20)15-16-11-7-5-8-12-16/h5-14,18H,3-4,15,20H2,1-2H3. The molecule has 106 valence electrons. The maximum atomic E-state index is 6.64. The quantitative estimate of drug-likeness (QED) is 0.829. The topological polar surface area (TPSA) is 26.0 Å². The molecule has 0 aromatic heterocycles. The molecule has 0 heterocycles. The van der Waals surface area contributed by atoms with Crippen LogP contribution in [0.3, 0.4) is 0 Å². The average Bonchev–Trinajstić information content (AvgIpc) is 2.51. The lowest BCUT2D eigenvalue weighted by molar-refractivity contribution is 0.315. The zero-order valence-electron chi connectivity index (χ0n) is 12.5. The van der Waals surface area contributed by atoms with Crippen LogP contribution in [-0.4, -0.2) is 6.04 Å². The van der Waals surface area contributed by atoms with Crippen LogP contribution >= 0.6 is 0 Å². The molecule has 0 saturated heterocycles. The first kappa shape index (κ1) is 14.8. The van der Waals surface area contributed by atoms with E-state index in [4.69, 9.17) is 5.73 Å². The number of nitrogens with two attached hydrogens (primary N) is 1. The van der Waals surface area contributed by atoms with Gasteiger partial charge in [-0.2, -0.15) is 0 Å². The summed E-state index contributed by atoms with van der Waals surface area (Å²) < 4.78 is 0. The minimum Gasteiger partial charge on any atom is -0.327 e. The van der Waals surface area contributed by atoms with Gasteiger partial charge in [0.05, 0.1) is 0 Å². The minimum atomic E-state index is 0.0666. The van der Waals surface area contributed by atoms with Crippen LogP contribution in [0, 0.1) is 0 Å². The molecule has 2 N–H and O–H groups in total. The monoisotopic (exact) mass is 267 g/mol. The lowest BCUT2D eigenvalue weighted by Gasteiger charge is -2.38. The predicted molar refractivity (Wildman–Crippen MR) is 86.8 cm³/mol. The number of hydrogen-bond acceptors (Lipinski definition) is 1. The van der Waals surface area contributed by atoms with Crippen molar-refractivity contribution < 1.29 is 0 Å². The third-order valence-corrected chi connectivity index (χ3v) is 4.62. The highest BCUT2D eigenvalue weighted by Gasteiger charge is 2.34. The highest BCUT2D eigenvalue weighted by atomic mass is 14.7. The van der Waals surface area contributed by atoms with E-state index in [1.807, 2.05) is 0 Å². The van der Waals surface area contributed by atoms with Crippen molar-refractivity contribution in [3.63, 3.8) is 0 Å². The fraction of sp³-hybridized carbons (Fsp3) is 0.368. The van der Waals surface area contributed by atoms with Gasteiger partial charge in [0.15, 0.2) is 0 Å². The van der Waals surface area contributed by atoms with Crippen molar-refractivity contribution in [1.29, 1.82) is 0 Å². The van der Waals surface area contributed by atoms with Crippen LogP contribution < -0.4 is 5.73 Å². The SMILES string of the molecule is CCC(CC)(c1ccccc1)C(N)Cc1ccccc1. The van der Waals surface area contributed by atoms with Gasteiger partial charge in [0.2, 0.25) is 0 Å². The Labute approximate surface area is 122 Å². The molecule has 0 aliphatic rings. The van der Waals surface area contributed by atoms with Crippen LogP contribution in [0.4, 0.5) is 0 Å². The van der Waals surface area contributed by atoms with Crippen molar-refractivity contribution in [1.82, 2.24) is 0 Å². The normalized spacial score (nSPS) is 13.2. The van der Waals surface area contributed by atoms with E-state index in [-0.39, 0.29) is 11.5 Å². The molecule has 0 fully saturated rings. The van der Waals surface area contributed by atoms with Gasteiger partial charge in [0, 0.05) is 11.5 Å². The second kappa shape index (κ2) is 6.71. The maximum Gasteiger partial charge on any atom is 0.0177 e. The highest BCUT2D eigenvalue weighted by Crippen LogP contribution is 2.35. The first-order valence-corrected chi connectivity index (χ1v) is 7.58. The fourth-order valence-corrected chi connectivity index (χ4v) is 3.23. The van der Waals surface area contributed by atoms with Gasteiger partial charge in [0.25, 0.3) is 0 Å². The molecule has 2 aromatic rings. The van der Waals surface area contributed by atoms with E-state index in [1.165, 1.54) is 11.1 Å². The van der Waals surface area contributed by atoms with Gasteiger partial charge in [0.1, 0.15) is 0 Å². The average molecular weight is 267 g/mol. The summed E-state index contributed by atoms with van der Waals surface area (Å²) in [5.74, 6) is 0. The molecule has 0 aliphatic carbocycles. The van der Waals surface area contributed by atoms with Crippen LogP contribution in [0.1, 0.15) is 37.8 Å². The highest BCUT2D eigenvalue weighted by molar-refractivity contribution is 5.29. The van der Waals surface area contributed by atoms with E-state index in [2.05, 4.69) is 74.5 Å². The van der Waals surface area contributed by atoms with Crippen molar-refractivity contribution in [2.24, 2.45) is 5.73 Å². The molecule has 1 atom stereocenters. The molecule has 2 aromatic carbocycles. The first-order chi connectivity index (χ1) is 9.73. The Bertz CT molecular complexity index is 500. The smallest absolute Gasteiger partial charge is 0.0177 e. The number of benzene rings is 2. The van der Waals surface area contributed by atoms with Gasteiger partial charge in [-0.3, -0.25) is 0 Å². The Hall–Kier alpha value is -1.60. The van der Waals surface area contributed by atoms with E-state index in [9.17, 15) is 0 Å². The third-order valence-electron chi connectivity index (χ3n) is 4.62. The van der Waals surface area contributed by atoms with Crippen LogP contribution in [0.25, 0.3) is 0 Å². The lowest BCUT2D eigenvalue weighted by atomic mass is 9.69. The van der Waals surface area contributed by atoms with Crippen molar-refractivity contribution >= 4 is 0 Å². The minimum absolute atomic E-state index is 0.0666. The summed E-state index contributed by atoms with van der Waals surface area (Å²) in [6.07, 6.45) is 3.07. The van der Waals surface area contributed by atoms with E-state index in [0.717, 1.165) is 19.3 Å². The second-order valence-electron chi connectivity index (χ2n) is 5.53. The Morgan fingerprint density at radius 2 is 1.35 bits per heavy atom. The lowest BCUT2D eigenvalue weighted by Crippen LogP contribution is -2.46. The third kappa shape index (κ3) is 2.94. The van der Waals surface area contributed by atoms with E-state index in [1.54, 1.807) is 0 Å². The van der Waals surface area contributed by atoms with Gasteiger partial charge in [-0.05, 0) is 30.4 Å². The van der Waals surface area contributed by atoms with Gasteiger partial charge < -0.3 is 5.73 Å². The fourth-order valence-electron chi connectivity index (χ4n) is 3.23. The molecule has 0 amide bonds. The molecule has 1 nitrogen and oxygen atoms in total. The van der Waals surface area contributed by atoms with Crippen molar-refractivity contribution in [3.05, 3.63) is 71.8 Å². The molecule has 0 radical (unpaired) electrons. The maximum absolute atomic E-state index is 6.64. The molecular formula is C19H25N. The summed E-state index contributed by atoms with van der Waals surface area (Å²) in [5, 5.41) is 0. The second-order valence-corrected chi connectivity index (χ2v) is 5.53. The van der Waals surface area contributed by atoms with Gasteiger partial charge in [-0.1, -0.05) is 74.5 Å².